The second-order valence-corrected chi connectivity index (χ2v) is 5.59. The van der Waals surface area contributed by atoms with Crippen LogP contribution in [0.1, 0.15) is 32.0 Å². The molecule has 1 aromatic rings. The lowest BCUT2D eigenvalue weighted by Crippen LogP contribution is -2.19. The summed E-state index contributed by atoms with van der Waals surface area (Å²) in [7, 11) is 0. The van der Waals surface area contributed by atoms with Gasteiger partial charge in [-0.25, -0.2) is 0 Å². The van der Waals surface area contributed by atoms with Gasteiger partial charge in [0.25, 0.3) is 0 Å². The predicted molar refractivity (Wildman–Crippen MR) is 72.9 cm³/mol. The number of amides is 1. The van der Waals surface area contributed by atoms with E-state index in [9.17, 15) is 4.79 Å². The number of hydrogen-bond donors (Lipinski definition) is 1. The van der Waals surface area contributed by atoms with Crippen molar-refractivity contribution in [1.29, 1.82) is 0 Å². The average molecular weight is 284 g/mol. The molecule has 0 aliphatic carbocycles. The molecule has 2 N–H and O–H groups in total. The van der Waals surface area contributed by atoms with Gasteiger partial charge in [0.2, 0.25) is 5.91 Å². The van der Waals surface area contributed by atoms with Gasteiger partial charge in [-0.05, 0) is 19.3 Å². The van der Waals surface area contributed by atoms with Crippen molar-refractivity contribution in [2.75, 3.05) is 12.4 Å². The summed E-state index contributed by atoms with van der Waals surface area (Å²) >= 11 is 1.34. The first-order chi connectivity index (χ1) is 9.20. The quantitative estimate of drug-likeness (QED) is 0.755. The maximum Gasteiger partial charge on any atom is 0.227 e. The summed E-state index contributed by atoms with van der Waals surface area (Å²) in [5.41, 5.74) is 5.18. The summed E-state index contributed by atoms with van der Waals surface area (Å²) in [6.07, 6.45) is 4.32. The smallest absolute Gasteiger partial charge is 0.227 e. The molecular formula is C12H20N4O2S. The number of nitrogens with two attached hydrogens (primary N) is 1. The zero-order chi connectivity index (χ0) is 13.7. The van der Waals surface area contributed by atoms with E-state index in [2.05, 4.69) is 21.7 Å². The molecule has 0 bridgehead atoms. The number of aromatic nitrogens is 3. The van der Waals surface area contributed by atoms with E-state index < -0.39 is 0 Å². The number of carbonyl (C=O) groups is 1. The Morgan fingerprint density at radius 3 is 3.05 bits per heavy atom. The standard InChI is InChI=1S/C12H20N4O2S/c1-2-4-11-14-15-12(19-8-10(13)17)16(11)7-9-5-3-6-18-9/h9H,2-8H2,1H3,(H2,13,17)/t9-/m1/s1. The van der Waals surface area contributed by atoms with Gasteiger partial charge in [-0.2, -0.15) is 0 Å². The number of nitrogens with zero attached hydrogens (tertiary/aromatic N) is 3. The molecule has 6 nitrogen and oxygen atoms in total. The molecular weight excluding hydrogens is 264 g/mol. The van der Waals surface area contributed by atoms with Crippen molar-refractivity contribution in [1.82, 2.24) is 14.8 Å². The first kappa shape index (κ1) is 14.3. The SMILES string of the molecule is CCCc1nnc(SCC(N)=O)n1C[C@H]1CCCO1. The third-order valence-electron chi connectivity index (χ3n) is 3.02. The number of thioether (sulfide) groups is 1. The van der Waals surface area contributed by atoms with Crippen molar-refractivity contribution in [3.63, 3.8) is 0 Å². The van der Waals surface area contributed by atoms with Crippen molar-refractivity contribution in [2.24, 2.45) is 5.73 Å². The topological polar surface area (TPSA) is 83.0 Å². The highest BCUT2D eigenvalue weighted by atomic mass is 32.2. The zero-order valence-electron chi connectivity index (χ0n) is 11.2. The van der Waals surface area contributed by atoms with Crippen LogP contribution in [0.3, 0.4) is 0 Å². The van der Waals surface area contributed by atoms with Gasteiger partial charge in [0.1, 0.15) is 5.82 Å². The molecule has 1 fully saturated rings. The number of hydrogen-bond acceptors (Lipinski definition) is 5. The molecule has 1 aliphatic heterocycles. The van der Waals surface area contributed by atoms with Gasteiger partial charge in [0.15, 0.2) is 5.16 Å². The Kier molecular flexibility index (Phi) is 5.21. The maximum atomic E-state index is 10.9. The Hall–Kier alpha value is -1.08. The second kappa shape index (κ2) is 6.91. The summed E-state index contributed by atoms with van der Waals surface area (Å²) in [5.74, 6) is 0.856. The number of rotatable bonds is 7. The average Bonchev–Trinajstić information content (AvgIpc) is 2.99. The molecule has 1 aliphatic rings. The fourth-order valence-corrected chi connectivity index (χ4v) is 2.85. The molecule has 0 radical (unpaired) electrons. The molecule has 106 valence electrons. The van der Waals surface area contributed by atoms with E-state index in [1.807, 2.05) is 0 Å². The number of ether oxygens (including phenoxy) is 1. The minimum atomic E-state index is -0.339. The molecule has 1 amide bonds. The third kappa shape index (κ3) is 3.94. The van der Waals surface area contributed by atoms with Crippen LogP contribution in [0.2, 0.25) is 0 Å². The minimum Gasteiger partial charge on any atom is -0.376 e. The van der Waals surface area contributed by atoms with Crippen LogP contribution in [0, 0.1) is 0 Å². The molecule has 2 rings (SSSR count). The van der Waals surface area contributed by atoms with Gasteiger partial charge in [0, 0.05) is 13.0 Å². The van der Waals surface area contributed by atoms with E-state index in [4.69, 9.17) is 10.5 Å². The van der Waals surface area contributed by atoms with E-state index in [1.54, 1.807) is 0 Å². The largest absolute Gasteiger partial charge is 0.376 e. The molecule has 1 saturated heterocycles. The van der Waals surface area contributed by atoms with Crippen molar-refractivity contribution in [3.8, 4) is 0 Å². The van der Waals surface area contributed by atoms with E-state index in [0.717, 1.165) is 49.8 Å². The lowest BCUT2D eigenvalue weighted by atomic mass is 10.2. The maximum absolute atomic E-state index is 10.9. The zero-order valence-corrected chi connectivity index (χ0v) is 12.0. The number of primary amides is 1. The molecule has 1 atom stereocenters. The van der Waals surface area contributed by atoms with Crippen LogP contribution in [-0.4, -0.2) is 39.1 Å². The second-order valence-electron chi connectivity index (χ2n) is 4.65. The molecule has 0 saturated carbocycles. The van der Waals surface area contributed by atoms with E-state index >= 15 is 0 Å². The Morgan fingerprint density at radius 1 is 1.58 bits per heavy atom. The minimum absolute atomic E-state index is 0.232. The van der Waals surface area contributed by atoms with Crippen molar-refractivity contribution in [2.45, 2.75) is 50.4 Å². The van der Waals surface area contributed by atoms with Crippen LogP contribution in [0.25, 0.3) is 0 Å². The summed E-state index contributed by atoms with van der Waals surface area (Å²) in [4.78, 5) is 10.9. The molecule has 2 heterocycles. The number of aryl methyl sites for hydroxylation is 1. The molecule has 19 heavy (non-hydrogen) atoms. The van der Waals surface area contributed by atoms with Gasteiger partial charge >= 0.3 is 0 Å². The third-order valence-corrected chi connectivity index (χ3v) is 4.01. The lowest BCUT2D eigenvalue weighted by molar-refractivity contribution is -0.115. The number of carbonyl (C=O) groups excluding carboxylic acids is 1. The van der Waals surface area contributed by atoms with Crippen LogP contribution in [0.4, 0.5) is 0 Å². The van der Waals surface area contributed by atoms with E-state index in [-0.39, 0.29) is 17.8 Å². The molecule has 1 aromatic heterocycles. The van der Waals surface area contributed by atoms with Gasteiger partial charge < -0.3 is 15.0 Å². The Morgan fingerprint density at radius 2 is 2.42 bits per heavy atom. The van der Waals surface area contributed by atoms with Crippen LogP contribution >= 0.6 is 11.8 Å². The van der Waals surface area contributed by atoms with E-state index in [1.165, 1.54) is 11.8 Å². The highest BCUT2D eigenvalue weighted by Gasteiger charge is 2.20. The first-order valence-corrected chi connectivity index (χ1v) is 7.64. The van der Waals surface area contributed by atoms with Crippen LogP contribution in [0.5, 0.6) is 0 Å². The summed E-state index contributed by atoms with van der Waals surface area (Å²) < 4.78 is 7.74. The highest BCUT2D eigenvalue weighted by molar-refractivity contribution is 7.99. The van der Waals surface area contributed by atoms with Gasteiger partial charge in [0.05, 0.1) is 18.4 Å². The normalized spacial score (nSPS) is 18.9. The molecule has 0 unspecified atom stereocenters. The Bertz CT molecular complexity index is 429. The fraction of sp³-hybridized carbons (Fsp3) is 0.750. The lowest BCUT2D eigenvalue weighted by Gasteiger charge is -2.14. The Labute approximate surface area is 117 Å². The molecule has 7 heteroatoms. The first-order valence-electron chi connectivity index (χ1n) is 6.65. The van der Waals surface area contributed by atoms with Gasteiger partial charge in [-0.1, -0.05) is 18.7 Å². The monoisotopic (exact) mass is 284 g/mol. The summed E-state index contributed by atoms with van der Waals surface area (Å²) in [6.45, 7) is 3.71. The van der Waals surface area contributed by atoms with Crippen LogP contribution in [0.15, 0.2) is 5.16 Å². The molecule has 0 spiro atoms. The predicted octanol–water partition coefficient (Wildman–Crippen LogP) is 0.987. The Balaban J connectivity index is 2.09. The van der Waals surface area contributed by atoms with Gasteiger partial charge in [-0.3, -0.25) is 4.79 Å². The summed E-state index contributed by atoms with van der Waals surface area (Å²) in [5, 5.41) is 9.13. The van der Waals surface area contributed by atoms with E-state index in [0.29, 0.717) is 0 Å². The van der Waals surface area contributed by atoms with Crippen molar-refractivity contribution < 1.29 is 9.53 Å². The summed E-state index contributed by atoms with van der Waals surface area (Å²) in [6, 6.07) is 0. The van der Waals surface area contributed by atoms with Crippen molar-refractivity contribution >= 4 is 17.7 Å². The van der Waals surface area contributed by atoms with Crippen LogP contribution in [-0.2, 0) is 22.5 Å². The molecule has 0 aromatic carbocycles. The fourth-order valence-electron chi connectivity index (χ4n) is 2.15. The van der Waals surface area contributed by atoms with Crippen molar-refractivity contribution in [3.05, 3.63) is 5.82 Å². The van der Waals surface area contributed by atoms with Gasteiger partial charge in [-0.15, -0.1) is 10.2 Å². The van der Waals surface area contributed by atoms with Crippen LogP contribution < -0.4 is 5.73 Å². The highest BCUT2D eigenvalue weighted by Crippen LogP contribution is 2.21.